The third-order valence-electron chi connectivity index (χ3n) is 3.79. The van der Waals surface area contributed by atoms with Crippen molar-refractivity contribution in [1.82, 2.24) is 0 Å². The first-order valence-electron chi connectivity index (χ1n) is 6.48. The fourth-order valence-corrected chi connectivity index (χ4v) is 2.95. The molecule has 0 unspecified atom stereocenters. The number of carbonyl (C=O) groups is 1. The Hall–Kier alpha value is -1.83. The minimum atomic E-state index is -0.957. The van der Waals surface area contributed by atoms with Gasteiger partial charge in [0.2, 0.25) is 0 Å². The Balaban J connectivity index is 1.96. The second kappa shape index (κ2) is 4.45. The van der Waals surface area contributed by atoms with Crippen LogP contribution < -0.4 is 5.11 Å². The number of carboxylic acids is 1. The number of aliphatic carboxylic acids is 1. The van der Waals surface area contributed by atoms with E-state index in [4.69, 9.17) is 0 Å². The monoisotopic (exact) mass is 239 g/mol. The first kappa shape index (κ1) is 11.3. The van der Waals surface area contributed by atoms with E-state index in [1.165, 1.54) is 27.5 Å². The molecule has 2 aromatic carbocycles. The maximum Gasteiger partial charge on any atom is 0.0414 e. The van der Waals surface area contributed by atoms with Crippen LogP contribution >= 0.6 is 0 Å². The summed E-state index contributed by atoms with van der Waals surface area (Å²) in [6, 6.07) is 10.8. The highest BCUT2D eigenvalue weighted by atomic mass is 16.4. The van der Waals surface area contributed by atoms with E-state index in [-0.39, 0.29) is 6.42 Å². The molecule has 0 spiro atoms. The van der Waals surface area contributed by atoms with Gasteiger partial charge in [0.25, 0.3) is 0 Å². The number of carboxylic acid groups (broad SMARTS) is 1. The molecule has 2 aromatic rings. The van der Waals surface area contributed by atoms with E-state index >= 15 is 0 Å². The van der Waals surface area contributed by atoms with Crippen LogP contribution in [-0.4, -0.2) is 5.97 Å². The first-order chi connectivity index (χ1) is 8.75. The number of hydrogen-bond donors (Lipinski definition) is 0. The fourth-order valence-electron chi connectivity index (χ4n) is 2.95. The van der Waals surface area contributed by atoms with Crippen molar-refractivity contribution in [2.75, 3.05) is 0 Å². The predicted octanol–water partition coefficient (Wildman–Crippen LogP) is 2.01. The Morgan fingerprint density at radius 3 is 2.67 bits per heavy atom. The van der Waals surface area contributed by atoms with Gasteiger partial charge in [0.15, 0.2) is 0 Å². The first-order valence-corrected chi connectivity index (χ1v) is 6.48. The molecule has 1 aliphatic carbocycles. The van der Waals surface area contributed by atoms with Crippen molar-refractivity contribution in [3.05, 3.63) is 47.0 Å². The lowest BCUT2D eigenvalue weighted by Crippen LogP contribution is -2.21. The quantitative estimate of drug-likeness (QED) is 0.818. The van der Waals surface area contributed by atoms with Gasteiger partial charge in [-0.15, -0.1) is 0 Å². The van der Waals surface area contributed by atoms with E-state index in [9.17, 15) is 9.90 Å². The van der Waals surface area contributed by atoms with Crippen molar-refractivity contribution < 1.29 is 9.90 Å². The number of carbonyl (C=O) groups excluding carboxylic acids is 1. The van der Waals surface area contributed by atoms with Crippen LogP contribution in [0.4, 0.5) is 0 Å². The van der Waals surface area contributed by atoms with Crippen molar-refractivity contribution >= 4 is 16.7 Å². The highest BCUT2D eigenvalue weighted by Crippen LogP contribution is 2.33. The van der Waals surface area contributed by atoms with E-state index in [1.807, 2.05) is 0 Å². The molecule has 0 atom stereocenters. The Morgan fingerprint density at radius 1 is 1.11 bits per heavy atom. The molecule has 3 rings (SSSR count). The lowest BCUT2D eigenvalue weighted by atomic mass is 9.97. The molecular formula is C16H15O2-. The van der Waals surface area contributed by atoms with E-state index in [1.54, 1.807) is 0 Å². The van der Waals surface area contributed by atoms with Crippen molar-refractivity contribution in [3.63, 3.8) is 0 Å². The van der Waals surface area contributed by atoms with Gasteiger partial charge in [0.05, 0.1) is 0 Å². The summed E-state index contributed by atoms with van der Waals surface area (Å²) in [5.41, 5.74) is 4.13. The zero-order chi connectivity index (χ0) is 12.5. The van der Waals surface area contributed by atoms with Crippen LogP contribution in [0.1, 0.15) is 29.5 Å². The summed E-state index contributed by atoms with van der Waals surface area (Å²) in [6.45, 7) is 0. The predicted molar refractivity (Wildman–Crippen MR) is 69.3 cm³/mol. The molecule has 2 heteroatoms. The summed E-state index contributed by atoms with van der Waals surface area (Å²) in [4.78, 5) is 10.5. The van der Waals surface area contributed by atoms with Gasteiger partial charge in [0, 0.05) is 5.97 Å². The molecule has 0 saturated carbocycles. The van der Waals surface area contributed by atoms with Crippen molar-refractivity contribution in [2.24, 2.45) is 0 Å². The third kappa shape index (κ3) is 1.88. The fraction of sp³-hybridized carbons (Fsp3) is 0.312. The smallest absolute Gasteiger partial charge is 0.0414 e. The Kier molecular flexibility index (Phi) is 2.78. The van der Waals surface area contributed by atoms with Gasteiger partial charge < -0.3 is 9.90 Å². The number of rotatable bonds is 4. The van der Waals surface area contributed by atoms with Gasteiger partial charge >= 0.3 is 0 Å². The van der Waals surface area contributed by atoms with E-state index < -0.39 is 5.97 Å². The lowest BCUT2D eigenvalue weighted by molar-refractivity contribution is -0.305. The average Bonchev–Trinajstić information content (AvgIpc) is 2.77. The molecule has 0 amide bonds. The van der Waals surface area contributed by atoms with Crippen LogP contribution in [0.5, 0.6) is 0 Å². The topological polar surface area (TPSA) is 40.1 Å². The largest absolute Gasteiger partial charge is 0.550 e. The van der Waals surface area contributed by atoms with Crippen LogP contribution in [0.3, 0.4) is 0 Å². The average molecular weight is 239 g/mol. The maximum absolute atomic E-state index is 10.5. The van der Waals surface area contributed by atoms with Crippen LogP contribution in [0.25, 0.3) is 10.8 Å². The summed E-state index contributed by atoms with van der Waals surface area (Å²) in [6.07, 6.45) is 3.88. The van der Waals surface area contributed by atoms with Crippen LogP contribution in [-0.2, 0) is 24.1 Å². The standard InChI is InChI=1S/C16H16O2/c17-15(18)6-2-3-11-7-8-13-10-9-12-4-1-5-14(11)16(12)13/h1,4-5,7-8H,2-3,6,9-10H2,(H,17,18)/p-1. The molecule has 1 aliphatic rings. The zero-order valence-electron chi connectivity index (χ0n) is 10.2. The van der Waals surface area contributed by atoms with E-state index in [2.05, 4.69) is 30.3 Å². The van der Waals surface area contributed by atoms with Crippen LogP contribution in [0.15, 0.2) is 30.3 Å². The molecule has 0 radical (unpaired) electrons. The van der Waals surface area contributed by atoms with E-state index in [0.717, 1.165) is 19.3 Å². The third-order valence-corrected chi connectivity index (χ3v) is 3.79. The van der Waals surface area contributed by atoms with Gasteiger partial charge in [-0.05, 0) is 59.6 Å². The summed E-state index contributed by atoms with van der Waals surface area (Å²) >= 11 is 0. The van der Waals surface area contributed by atoms with Gasteiger partial charge in [-0.25, -0.2) is 0 Å². The number of benzene rings is 2. The second-order valence-electron chi connectivity index (χ2n) is 4.95. The lowest BCUT2D eigenvalue weighted by Gasteiger charge is -2.09. The molecule has 0 bridgehead atoms. The van der Waals surface area contributed by atoms with Gasteiger partial charge in [-0.2, -0.15) is 0 Å². The van der Waals surface area contributed by atoms with Gasteiger partial charge in [-0.1, -0.05) is 30.3 Å². The van der Waals surface area contributed by atoms with Crippen molar-refractivity contribution in [1.29, 1.82) is 0 Å². The SMILES string of the molecule is O=C([O-])CCCc1ccc2c3c(cccc13)CC2. The van der Waals surface area contributed by atoms with Crippen molar-refractivity contribution in [2.45, 2.75) is 32.1 Å². The molecular weight excluding hydrogens is 224 g/mol. The zero-order valence-corrected chi connectivity index (χ0v) is 10.2. The molecule has 2 nitrogen and oxygen atoms in total. The van der Waals surface area contributed by atoms with Crippen molar-refractivity contribution in [3.8, 4) is 0 Å². The summed E-state index contributed by atoms with van der Waals surface area (Å²) in [5, 5.41) is 13.2. The Bertz CT molecular complexity index is 604. The summed E-state index contributed by atoms with van der Waals surface area (Å²) in [5.74, 6) is -0.957. The highest BCUT2D eigenvalue weighted by Gasteiger charge is 2.15. The normalized spacial score (nSPS) is 13.1. The molecule has 0 fully saturated rings. The summed E-state index contributed by atoms with van der Waals surface area (Å²) in [7, 11) is 0. The van der Waals surface area contributed by atoms with Crippen LogP contribution in [0.2, 0.25) is 0 Å². The minimum absolute atomic E-state index is 0.142. The molecule has 0 saturated heterocycles. The molecule has 0 heterocycles. The van der Waals surface area contributed by atoms with Crippen LogP contribution in [0, 0.1) is 0 Å². The molecule has 0 aromatic heterocycles. The highest BCUT2D eigenvalue weighted by molar-refractivity contribution is 5.93. The molecule has 0 aliphatic heterocycles. The summed E-state index contributed by atoms with van der Waals surface area (Å²) < 4.78 is 0. The molecule has 0 N–H and O–H groups in total. The molecule has 92 valence electrons. The van der Waals surface area contributed by atoms with Gasteiger partial charge in [-0.3, -0.25) is 0 Å². The molecule has 18 heavy (non-hydrogen) atoms. The van der Waals surface area contributed by atoms with Gasteiger partial charge in [0.1, 0.15) is 0 Å². The Labute approximate surface area is 106 Å². The maximum atomic E-state index is 10.5. The Morgan fingerprint density at radius 2 is 1.89 bits per heavy atom. The number of hydrogen-bond acceptors (Lipinski definition) is 2. The second-order valence-corrected chi connectivity index (χ2v) is 4.95. The van der Waals surface area contributed by atoms with E-state index in [0.29, 0.717) is 6.42 Å². The minimum Gasteiger partial charge on any atom is -0.550 e. The number of aryl methyl sites for hydroxylation is 3.